The van der Waals surface area contributed by atoms with Gasteiger partial charge in [-0.05, 0) is 27.2 Å². The van der Waals surface area contributed by atoms with Gasteiger partial charge < -0.3 is 9.26 Å². The highest BCUT2D eigenvalue weighted by Gasteiger charge is 2.26. The number of rotatable bonds is 8. The highest BCUT2D eigenvalue weighted by Crippen LogP contribution is 2.28. The lowest BCUT2D eigenvalue weighted by atomic mass is 10.2. The molecular weight excluding hydrogens is 342 g/mol. The van der Waals surface area contributed by atoms with Crippen molar-refractivity contribution in [2.45, 2.75) is 47.0 Å². The maximum absolute atomic E-state index is 12.8. The van der Waals surface area contributed by atoms with Gasteiger partial charge in [-0.25, -0.2) is 9.78 Å². The topological polar surface area (TPSA) is 85.5 Å². The highest BCUT2D eigenvalue weighted by atomic mass is 32.1. The number of esters is 1. The molecule has 0 aliphatic heterocycles. The van der Waals surface area contributed by atoms with E-state index in [1.54, 1.807) is 31.7 Å². The fourth-order valence-corrected chi connectivity index (χ4v) is 3.28. The van der Waals surface area contributed by atoms with Gasteiger partial charge in [-0.2, -0.15) is 0 Å². The van der Waals surface area contributed by atoms with E-state index in [4.69, 9.17) is 9.26 Å². The van der Waals surface area contributed by atoms with Crippen molar-refractivity contribution in [2.24, 2.45) is 0 Å². The van der Waals surface area contributed by atoms with E-state index in [-0.39, 0.29) is 11.6 Å². The third-order valence-corrected chi connectivity index (χ3v) is 4.71. The second-order valence-corrected chi connectivity index (χ2v) is 6.60. The van der Waals surface area contributed by atoms with Crippen molar-refractivity contribution in [2.75, 3.05) is 18.1 Å². The van der Waals surface area contributed by atoms with Crippen molar-refractivity contribution < 1.29 is 18.8 Å². The minimum absolute atomic E-state index is 0.236. The quantitative estimate of drug-likeness (QED) is 0.523. The molecule has 2 aromatic heterocycles. The number of nitrogens with zero attached hydrogens (tertiary/aromatic N) is 3. The summed E-state index contributed by atoms with van der Waals surface area (Å²) in [5, 5.41) is 4.28. The minimum atomic E-state index is -0.415. The summed E-state index contributed by atoms with van der Waals surface area (Å²) in [5.74, 6) is -0.126. The molecule has 0 unspecified atom stereocenters. The van der Waals surface area contributed by atoms with Crippen LogP contribution in [0.4, 0.5) is 5.13 Å². The number of hydrogen-bond acceptors (Lipinski definition) is 7. The predicted octanol–water partition coefficient (Wildman–Crippen LogP) is 3.76. The van der Waals surface area contributed by atoms with Crippen LogP contribution < -0.4 is 4.90 Å². The maximum Gasteiger partial charge on any atom is 0.350 e. The van der Waals surface area contributed by atoms with E-state index in [1.165, 1.54) is 0 Å². The van der Waals surface area contributed by atoms with E-state index in [1.807, 2.05) is 0 Å². The molecule has 0 N–H and O–H groups in total. The molecule has 0 fully saturated rings. The third-order valence-electron chi connectivity index (χ3n) is 3.55. The highest BCUT2D eigenvalue weighted by molar-refractivity contribution is 7.17. The van der Waals surface area contributed by atoms with E-state index in [9.17, 15) is 9.59 Å². The summed E-state index contributed by atoms with van der Waals surface area (Å²) in [4.78, 5) is 31.2. The zero-order valence-electron chi connectivity index (χ0n) is 15.0. The third kappa shape index (κ3) is 4.66. The van der Waals surface area contributed by atoms with Gasteiger partial charge in [0.25, 0.3) is 5.91 Å². The lowest BCUT2D eigenvalue weighted by Gasteiger charge is -2.18. The van der Waals surface area contributed by atoms with Gasteiger partial charge in [0.2, 0.25) is 0 Å². The molecule has 0 aromatic carbocycles. The molecule has 2 aromatic rings. The molecule has 136 valence electrons. The van der Waals surface area contributed by atoms with E-state index >= 15 is 0 Å². The smallest absolute Gasteiger partial charge is 0.350 e. The molecule has 0 aliphatic carbocycles. The van der Waals surface area contributed by atoms with Crippen LogP contribution in [-0.4, -0.2) is 35.2 Å². The van der Waals surface area contributed by atoms with E-state index < -0.39 is 5.97 Å². The summed E-state index contributed by atoms with van der Waals surface area (Å²) in [6.45, 7) is 8.12. The summed E-state index contributed by atoms with van der Waals surface area (Å²) >= 11 is 1.16. The molecule has 2 heterocycles. The summed E-state index contributed by atoms with van der Waals surface area (Å²) in [6.07, 6.45) is 2.87. The molecule has 2 rings (SSSR count). The van der Waals surface area contributed by atoms with Gasteiger partial charge in [-0.15, -0.1) is 0 Å². The molecule has 0 aliphatic rings. The average Bonchev–Trinajstić information content (AvgIpc) is 3.17. The first-order valence-electron chi connectivity index (χ1n) is 8.37. The fraction of sp³-hybridized carbons (Fsp3) is 0.529. The lowest BCUT2D eigenvalue weighted by Crippen LogP contribution is -2.32. The minimum Gasteiger partial charge on any atom is -0.462 e. The Bertz CT molecular complexity index is 738. The number of aryl methyl sites for hydroxylation is 2. The molecular formula is C17H23N3O4S. The normalized spacial score (nSPS) is 10.7. The number of hydrogen-bond donors (Lipinski definition) is 0. The molecule has 0 atom stereocenters. The molecule has 0 saturated heterocycles. The van der Waals surface area contributed by atoms with Crippen LogP contribution in [0.5, 0.6) is 0 Å². The van der Waals surface area contributed by atoms with Crippen molar-refractivity contribution in [3.8, 4) is 0 Å². The first kappa shape index (κ1) is 19.1. The summed E-state index contributed by atoms with van der Waals surface area (Å²) in [7, 11) is 0. The standard InChI is InChI=1S/C17H23N3O4S/c1-5-7-8-9-20(15(21)13-10-11(3)24-19-13)17-18-12(4)14(25-17)16(22)23-6-2/h10H,5-9H2,1-4H3. The molecule has 25 heavy (non-hydrogen) atoms. The Kier molecular flexibility index (Phi) is 6.69. The van der Waals surface area contributed by atoms with E-state index in [0.717, 1.165) is 30.6 Å². The maximum atomic E-state index is 12.8. The molecule has 0 saturated carbocycles. The first-order chi connectivity index (χ1) is 12.0. The Morgan fingerprint density at radius 1 is 1.28 bits per heavy atom. The summed E-state index contributed by atoms with van der Waals surface area (Å²) in [6, 6.07) is 1.60. The van der Waals surface area contributed by atoms with Crippen LogP contribution in [0, 0.1) is 13.8 Å². The Morgan fingerprint density at radius 3 is 2.64 bits per heavy atom. The molecule has 0 radical (unpaired) electrons. The lowest BCUT2D eigenvalue weighted by molar-refractivity contribution is 0.0531. The SMILES string of the molecule is CCCCCN(C(=O)c1cc(C)on1)c1nc(C)c(C(=O)OCC)s1. The summed E-state index contributed by atoms with van der Waals surface area (Å²) < 4.78 is 10.1. The number of ether oxygens (including phenoxy) is 1. The van der Waals surface area contributed by atoms with Crippen molar-refractivity contribution in [1.82, 2.24) is 10.1 Å². The molecule has 0 spiro atoms. The van der Waals surface area contributed by atoms with Crippen molar-refractivity contribution in [1.29, 1.82) is 0 Å². The zero-order chi connectivity index (χ0) is 18.4. The Morgan fingerprint density at radius 2 is 2.04 bits per heavy atom. The van der Waals surface area contributed by atoms with Crippen molar-refractivity contribution in [3.05, 3.63) is 28.1 Å². The van der Waals surface area contributed by atoms with Crippen LogP contribution in [0.15, 0.2) is 10.6 Å². The molecule has 8 heteroatoms. The number of carbonyl (C=O) groups excluding carboxylic acids is 2. The number of thiazole rings is 1. The zero-order valence-corrected chi connectivity index (χ0v) is 15.8. The van der Waals surface area contributed by atoms with Crippen LogP contribution in [0.3, 0.4) is 0 Å². The van der Waals surface area contributed by atoms with Crippen LogP contribution in [0.1, 0.15) is 64.7 Å². The van der Waals surface area contributed by atoms with Crippen LogP contribution >= 0.6 is 11.3 Å². The Hall–Kier alpha value is -2.22. The predicted molar refractivity (Wildman–Crippen MR) is 95.2 cm³/mol. The average molecular weight is 365 g/mol. The van der Waals surface area contributed by atoms with Gasteiger partial charge in [-0.1, -0.05) is 36.3 Å². The van der Waals surface area contributed by atoms with E-state index in [0.29, 0.717) is 34.6 Å². The second-order valence-electron chi connectivity index (χ2n) is 5.62. The van der Waals surface area contributed by atoms with E-state index in [2.05, 4.69) is 17.1 Å². The monoisotopic (exact) mass is 365 g/mol. The van der Waals surface area contributed by atoms with Gasteiger partial charge in [0, 0.05) is 12.6 Å². The first-order valence-corrected chi connectivity index (χ1v) is 9.19. The van der Waals surface area contributed by atoms with Gasteiger partial charge in [0.15, 0.2) is 10.8 Å². The number of carbonyl (C=O) groups is 2. The fourth-order valence-electron chi connectivity index (χ4n) is 2.29. The molecule has 0 bridgehead atoms. The molecule has 1 amide bonds. The molecule has 7 nitrogen and oxygen atoms in total. The van der Waals surface area contributed by atoms with Crippen LogP contribution in [0.25, 0.3) is 0 Å². The largest absolute Gasteiger partial charge is 0.462 e. The Labute approximate surface area is 151 Å². The van der Waals surface area contributed by atoms with Crippen molar-refractivity contribution >= 4 is 28.3 Å². The van der Waals surface area contributed by atoms with Crippen LogP contribution in [0.2, 0.25) is 0 Å². The van der Waals surface area contributed by atoms with Gasteiger partial charge in [0.05, 0.1) is 12.3 Å². The second kappa shape index (κ2) is 8.75. The van der Waals surface area contributed by atoms with Gasteiger partial charge >= 0.3 is 5.97 Å². The number of amides is 1. The number of anilines is 1. The van der Waals surface area contributed by atoms with Gasteiger partial charge in [-0.3, -0.25) is 9.69 Å². The number of unbranched alkanes of at least 4 members (excludes halogenated alkanes) is 2. The van der Waals surface area contributed by atoms with Crippen molar-refractivity contribution in [3.63, 3.8) is 0 Å². The van der Waals surface area contributed by atoms with Crippen LogP contribution in [-0.2, 0) is 4.74 Å². The van der Waals surface area contributed by atoms with Gasteiger partial charge in [0.1, 0.15) is 10.6 Å². The summed E-state index contributed by atoms with van der Waals surface area (Å²) in [5.41, 5.74) is 0.794. The Balaban J connectivity index is 2.30. The number of aromatic nitrogens is 2.